The fraction of sp³-hybridized carbons (Fsp3) is 0.562. The molecule has 0 aliphatic carbocycles. The number of anilines is 1. The number of hydrogen-bond acceptors (Lipinski definition) is 2. The fourth-order valence-corrected chi connectivity index (χ4v) is 2.16. The lowest BCUT2D eigenvalue weighted by Crippen LogP contribution is -2.31. The molecule has 1 rings (SSSR count). The van der Waals surface area contributed by atoms with Crippen molar-refractivity contribution in [3.63, 3.8) is 0 Å². The van der Waals surface area contributed by atoms with Gasteiger partial charge in [-0.15, -0.1) is 0 Å². The van der Waals surface area contributed by atoms with E-state index in [2.05, 4.69) is 0 Å². The van der Waals surface area contributed by atoms with Crippen molar-refractivity contribution in [3.05, 3.63) is 29.8 Å². The first-order chi connectivity index (χ1) is 8.91. The number of aryl methyl sites for hydroxylation is 1. The Morgan fingerprint density at radius 1 is 1.32 bits per heavy atom. The van der Waals surface area contributed by atoms with Gasteiger partial charge in [-0.1, -0.05) is 25.5 Å². The molecule has 3 heteroatoms. The van der Waals surface area contributed by atoms with E-state index in [1.165, 1.54) is 5.56 Å². The van der Waals surface area contributed by atoms with Gasteiger partial charge < -0.3 is 10.6 Å². The molecule has 106 valence electrons. The maximum absolute atomic E-state index is 12.3. The van der Waals surface area contributed by atoms with Crippen molar-refractivity contribution < 1.29 is 4.79 Å². The minimum Gasteiger partial charge on any atom is -0.328 e. The molecule has 0 fully saturated rings. The Labute approximate surface area is 116 Å². The van der Waals surface area contributed by atoms with Crippen LogP contribution < -0.4 is 10.6 Å². The Balaban J connectivity index is 2.56. The minimum atomic E-state index is 0.0456. The lowest BCUT2D eigenvalue weighted by Gasteiger charge is -2.22. The number of carbonyl (C=O) groups excluding carboxylic acids is 1. The monoisotopic (exact) mass is 262 g/mol. The molecular formula is C16H26N2O. The summed E-state index contributed by atoms with van der Waals surface area (Å²) in [4.78, 5) is 14.1. The van der Waals surface area contributed by atoms with Crippen LogP contribution in [0.5, 0.6) is 0 Å². The van der Waals surface area contributed by atoms with Gasteiger partial charge in [0.2, 0.25) is 5.91 Å². The summed E-state index contributed by atoms with van der Waals surface area (Å²) in [5.41, 5.74) is 7.86. The highest BCUT2D eigenvalue weighted by Crippen LogP contribution is 2.19. The highest BCUT2D eigenvalue weighted by molar-refractivity contribution is 5.94. The number of nitrogens with two attached hydrogens (primary N) is 1. The zero-order valence-corrected chi connectivity index (χ0v) is 12.5. The van der Waals surface area contributed by atoms with E-state index in [4.69, 9.17) is 5.73 Å². The molecule has 1 aromatic carbocycles. The van der Waals surface area contributed by atoms with Crippen molar-refractivity contribution in [2.24, 2.45) is 11.7 Å². The fourth-order valence-electron chi connectivity index (χ4n) is 2.16. The zero-order valence-electron chi connectivity index (χ0n) is 12.5. The minimum absolute atomic E-state index is 0.0456. The molecule has 19 heavy (non-hydrogen) atoms. The number of carbonyl (C=O) groups is 1. The van der Waals surface area contributed by atoms with E-state index in [1.54, 1.807) is 4.90 Å². The third-order valence-electron chi connectivity index (χ3n) is 3.44. The van der Waals surface area contributed by atoms with Gasteiger partial charge in [0, 0.05) is 24.7 Å². The zero-order chi connectivity index (χ0) is 14.4. The predicted molar refractivity (Wildman–Crippen MR) is 81.3 cm³/mol. The Morgan fingerprint density at radius 3 is 2.58 bits per heavy atom. The normalized spacial score (nSPS) is 13.9. The molecule has 2 N–H and O–H groups in total. The standard InChI is InChI=1S/C16H26N2O/c1-12-7-5-10-15(11-12)18(4)16(19)13(2)8-6-9-14(3)17/h5,7,10-11,13-14H,6,8-9,17H2,1-4H3. The van der Waals surface area contributed by atoms with Gasteiger partial charge >= 0.3 is 0 Å². The van der Waals surface area contributed by atoms with Crippen molar-refractivity contribution in [1.29, 1.82) is 0 Å². The first kappa shape index (κ1) is 15.7. The SMILES string of the molecule is Cc1cccc(N(C)C(=O)C(C)CCCC(C)N)c1. The maximum atomic E-state index is 12.3. The van der Waals surface area contributed by atoms with Crippen molar-refractivity contribution >= 4 is 11.6 Å². The molecule has 0 saturated carbocycles. The van der Waals surface area contributed by atoms with Crippen LogP contribution in [0.2, 0.25) is 0 Å². The first-order valence-corrected chi connectivity index (χ1v) is 7.01. The van der Waals surface area contributed by atoms with Crippen LogP contribution in [0.1, 0.15) is 38.7 Å². The van der Waals surface area contributed by atoms with Crippen LogP contribution in [-0.2, 0) is 4.79 Å². The van der Waals surface area contributed by atoms with Gasteiger partial charge in [-0.2, -0.15) is 0 Å². The molecule has 2 atom stereocenters. The quantitative estimate of drug-likeness (QED) is 0.856. The molecule has 0 aromatic heterocycles. The third kappa shape index (κ3) is 5.03. The van der Waals surface area contributed by atoms with Crippen LogP contribution in [0, 0.1) is 12.8 Å². The first-order valence-electron chi connectivity index (χ1n) is 7.01. The third-order valence-corrected chi connectivity index (χ3v) is 3.44. The van der Waals surface area contributed by atoms with E-state index in [0.717, 1.165) is 24.9 Å². The molecule has 3 nitrogen and oxygen atoms in total. The lowest BCUT2D eigenvalue weighted by molar-refractivity contribution is -0.121. The summed E-state index contributed by atoms with van der Waals surface area (Å²) in [6, 6.07) is 8.24. The lowest BCUT2D eigenvalue weighted by atomic mass is 10.0. The maximum Gasteiger partial charge on any atom is 0.229 e. The Kier molecular flexibility index (Phi) is 6.03. The van der Waals surface area contributed by atoms with Crippen LogP contribution in [0.4, 0.5) is 5.69 Å². The molecule has 0 spiro atoms. The van der Waals surface area contributed by atoms with Crippen molar-refractivity contribution in [1.82, 2.24) is 0 Å². The molecule has 0 bridgehead atoms. The molecule has 0 aliphatic rings. The van der Waals surface area contributed by atoms with Gasteiger partial charge in [0.05, 0.1) is 0 Å². The highest BCUT2D eigenvalue weighted by Gasteiger charge is 2.18. The van der Waals surface area contributed by atoms with Gasteiger partial charge in [-0.05, 0) is 44.4 Å². The molecule has 1 amide bonds. The summed E-state index contributed by atoms with van der Waals surface area (Å²) < 4.78 is 0. The average molecular weight is 262 g/mol. The van der Waals surface area contributed by atoms with E-state index in [0.29, 0.717) is 0 Å². The van der Waals surface area contributed by atoms with E-state index in [1.807, 2.05) is 52.1 Å². The Bertz CT molecular complexity index is 415. The topological polar surface area (TPSA) is 46.3 Å². The smallest absolute Gasteiger partial charge is 0.229 e. The molecule has 0 radical (unpaired) electrons. The van der Waals surface area contributed by atoms with Gasteiger partial charge in [-0.25, -0.2) is 0 Å². The summed E-state index contributed by atoms with van der Waals surface area (Å²) in [6.07, 6.45) is 2.88. The number of rotatable bonds is 6. The van der Waals surface area contributed by atoms with E-state index >= 15 is 0 Å². The van der Waals surface area contributed by atoms with Gasteiger partial charge in [0.15, 0.2) is 0 Å². The van der Waals surface area contributed by atoms with Crippen molar-refractivity contribution in [2.75, 3.05) is 11.9 Å². The molecule has 0 saturated heterocycles. The van der Waals surface area contributed by atoms with Crippen LogP contribution in [0.25, 0.3) is 0 Å². The van der Waals surface area contributed by atoms with Crippen molar-refractivity contribution in [3.8, 4) is 0 Å². The summed E-state index contributed by atoms with van der Waals surface area (Å²) in [6.45, 7) is 6.04. The van der Waals surface area contributed by atoms with Crippen LogP contribution in [0.15, 0.2) is 24.3 Å². The predicted octanol–water partition coefficient (Wildman–Crippen LogP) is 3.11. The second-order valence-electron chi connectivity index (χ2n) is 5.55. The summed E-state index contributed by atoms with van der Waals surface area (Å²) >= 11 is 0. The summed E-state index contributed by atoms with van der Waals surface area (Å²) in [5.74, 6) is 0.222. The van der Waals surface area contributed by atoms with E-state index in [9.17, 15) is 4.79 Å². The number of benzene rings is 1. The average Bonchev–Trinajstić information content (AvgIpc) is 2.36. The van der Waals surface area contributed by atoms with Crippen LogP contribution >= 0.6 is 0 Å². The molecule has 2 unspecified atom stereocenters. The van der Waals surface area contributed by atoms with Crippen molar-refractivity contribution in [2.45, 2.75) is 46.1 Å². The molecular weight excluding hydrogens is 236 g/mol. The van der Waals surface area contributed by atoms with E-state index < -0.39 is 0 Å². The summed E-state index contributed by atoms with van der Waals surface area (Å²) in [7, 11) is 1.85. The summed E-state index contributed by atoms with van der Waals surface area (Å²) in [5, 5.41) is 0. The number of hydrogen-bond donors (Lipinski definition) is 1. The molecule has 0 heterocycles. The second-order valence-corrected chi connectivity index (χ2v) is 5.55. The number of nitrogens with zero attached hydrogens (tertiary/aromatic N) is 1. The van der Waals surface area contributed by atoms with Gasteiger partial charge in [-0.3, -0.25) is 4.79 Å². The number of amides is 1. The largest absolute Gasteiger partial charge is 0.328 e. The van der Waals surface area contributed by atoms with Crippen LogP contribution in [0.3, 0.4) is 0 Å². The van der Waals surface area contributed by atoms with Gasteiger partial charge in [0.25, 0.3) is 0 Å². The Morgan fingerprint density at radius 2 is 2.00 bits per heavy atom. The molecule has 1 aromatic rings. The Hall–Kier alpha value is -1.35. The van der Waals surface area contributed by atoms with Crippen LogP contribution in [-0.4, -0.2) is 19.0 Å². The van der Waals surface area contributed by atoms with E-state index in [-0.39, 0.29) is 17.9 Å². The second kappa shape index (κ2) is 7.29. The van der Waals surface area contributed by atoms with Gasteiger partial charge in [0.1, 0.15) is 0 Å². The molecule has 0 aliphatic heterocycles. The highest BCUT2D eigenvalue weighted by atomic mass is 16.2.